The summed E-state index contributed by atoms with van der Waals surface area (Å²) in [7, 11) is 0. The number of benzene rings is 1. The highest BCUT2D eigenvalue weighted by Gasteiger charge is 2.35. The minimum absolute atomic E-state index is 0.00536. The van der Waals surface area contributed by atoms with E-state index in [1.54, 1.807) is 18.6 Å². The molecule has 7 heteroatoms. The normalized spacial score (nSPS) is 20.0. The van der Waals surface area contributed by atoms with Gasteiger partial charge in [-0.05, 0) is 37.0 Å². The van der Waals surface area contributed by atoms with Crippen molar-refractivity contribution in [3.63, 3.8) is 0 Å². The van der Waals surface area contributed by atoms with Crippen molar-refractivity contribution in [2.75, 3.05) is 13.2 Å². The van der Waals surface area contributed by atoms with Crippen LogP contribution in [-0.4, -0.2) is 39.2 Å². The number of nitrogens with one attached hydrogen (secondary N) is 1. The van der Waals surface area contributed by atoms with Crippen molar-refractivity contribution in [1.29, 1.82) is 0 Å². The third kappa shape index (κ3) is 3.87. The van der Waals surface area contributed by atoms with Crippen LogP contribution in [-0.2, 0) is 0 Å². The summed E-state index contributed by atoms with van der Waals surface area (Å²) in [5.41, 5.74) is 3.46. The summed E-state index contributed by atoms with van der Waals surface area (Å²) in [6.07, 6.45) is 7.51. The van der Waals surface area contributed by atoms with Crippen LogP contribution >= 0.6 is 0 Å². The van der Waals surface area contributed by atoms with Gasteiger partial charge in [-0.3, -0.25) is 4.98 Å². The number of pyridine rings is 2. The fourth-order valence-electron chi connectivity index (χ4n) is 3.84. The molecule has 0 radical (unpaired) electrons. The lowest BCUT2D eigenvalue weighted by atomic mass is 9.98. The Balaban J connectivity index is 1.20. The van der Waals surface area contributed by atoms with Crippen LogP contribution in [0.15, 0.2) is 67.1 Å². The molecular weight excluding hydrogens is 402 g/mol. The summed E-state index contributed by atoms with van der Waals surface area (Å²) in [5, 5.41) is 4.55. The quantitative estimate of drug-likeness (QED) is 0.480. The minimum atomic E-state index is -0.0757. The Bertz CT molecular complexity index is 1240. The molecule has 32 heavy (non-hydrogen) atoms. The first-order valence-corrected chi connectivity index (χ1v) is 11.0. The van der Waals surface area contributed by atoms with Gasteiger partial charge in [0.2, 0.25) is 11.8 Å². The van der Waals surface area contributed by atoms with Crippen molar-refractivity contribution in [2.45, 2.75) is 25.0 Å². The molecule has 4 aromatic rings. The van der Waals surface area contributed by atoms with E-state index in [1.807, 2.05) is 30.3 Å². The number of rotatable bonds is 7. The lowest BCUT2D eigenvalue weighted by molar-refractivity contribution is 0.0780. The molecular formula is C25H23N5O2. The lowest BCUT2D eigenvalue weighted by Crippen LogP contribution is -2.53. The SMILES string of the molecule is c1ccc2nc(C3NCC3Oc3nccnc3-c3ccc(OCC4CC4)nc3)ccc2c1. The summed E-state index contributed by atoms with van der Waals surface area (Å²) < 4.78 is 12.0. The van der Waals surface area contributed by atoms with E-state index in [0.717, 1.165) is 35.3 Å². The Morgan fingerprint density at radius 2 is 1.84 bits per heavy atom. The largest absolute Gasteiger partial charge is 0.477 e. The van der Waals surface area contributed by atoms with Gasteiger partial charge in [-0.15, -0.1) is 0 Å². The number of fused-ring (bicyclic) bond motifs is 1. The maximum absolute atomic E-state index is 6.30. The molecule has 6 rings (SSSR count). The molecule has 4 heterocycles. The van der Waals surface area contributed by atoms with Crippen molar-refractivity contribution in [2.24, 2.45) is 5.92 Å². The van der Waals surface area contributed by atoms with Gasteiger partial charge in [-0.25, -0.2) is 15.0 Å². The van der Waals surface area contributed by atoms with Gasteiger partial charge in [-0.1, -0.05) is 24.3 Å². The first kappa shape index (κ1) is 19.1. The zero-order valence-electron chi connectivity index (χ0n) is 17.5. The Hall–Kier alpha value is -3.58. The first-order chi connectivity index (χ1) is 15.8. The van der Waals surface area contributed by atoms with Crippen molar-refractivity contribution in [3.05, 3.63) is 72.8 Å². The lowest BCUT2D eigenvalue weighted by Gasteiger charge is -2.37. The fourth-order valence-corrected chi connectivity index (χ4v) is 3.84. The average Bonchev–Trinajstić information content (AvgIpc) is 3.66. The van der Waals surface area contributed by atoms with Crippen LogP contribution in [0, 0.1) is 5.92 Å². The van der Waals surface area contributed by atoms with Crippen molar-refractivity contribution in [1.82, 2.24) is 25.3 Å². The molecule has 0 spiro atoms. The molecule has 7 nitrogen and oxygen atoms in total. The molecule has 3 aromatic heterocycles. The molecule has 2 unspecified atom stereocenters. The van der Waals surface area contributed by atoms with Crippen LogP contribution < -0.4 is 14.8 Å². The Labute approximate surface area is 185 Å². The van der Waals surface area contributed by atoms with Gasteiger partial charge >= 0.3 is 0 Å². The zero-order chi connectivity index (χ0) is 21.3. The number of aromatic nitrogens is 4. The summed E-state index contributed by atoms with van der Waals surface area (Å²) in [4.78, 5) is 18.2. The summed E-state index contributed by atoms with van der Waals surface area (Å²) in [5.74, 6) is 1.83. The predicted molar refractivity (Wildman–Crippen MR) is 120 cm³/mol. The third-order valence-corrected chi connectivity index (χ3v) is 5.95. The Kier molecular flexibility index (Phi) is 4.88. The van der Waals surface area contributed by atoms with Crippen LogP contribution in [0.1, 0.15) is 24.6 Å². The van der Waals surface area contributed by atoms with Gasteiger partial charge in [0.1, 0.15) is 11.8 Å². The molecule has 2 aliphatic rings. The van der Waals surface area contributed by atoms with Crippen LogP contribution in [0.25, 0.3) is 22.2 Å². The van der Waals surface area contributed by atoms with Crippen LogP contribution in [0.3, 0.4) is 0 Å². The standard InChI is InChI=1S/C25H23N5O2/c1-2-4-19-17(3-1)7-9-20(30-19)24-21(14-29-24)32-25-23(26-11-12-27-25)18-8-10-22(28-13-18)31-15-16-5-6-16/h1-4,7-13,16,21,24,29H,5-6,14-15H2. The van der Waals surface area contributed by atoms with Gasteiger partial charge in [0.05, 0.1) is 23.9 Å². The van der Waals surface area contributed by atoms with Crippen molar-refractivity contribution in [3.8, 4) is 23.0 Å². The second-order valence-corrected chi connectivity index (χ2v) is 8.32. The van der Waals surface area contributed by atoms with Gasteiger partial charge in [0.25, 0.3) is 0 Å². The number of ether oxygens (including phenoxy) is 2. The second-order valence-electron chi connectivity index (χ2n) is 8.32. The van der Waals surface area contributed by atoms with E-state index >= 15 is 0 Å². The van der Waals surface area contributed by atoms with E-state index < -0.39 is 0 Å². The molecule has 1 aliphatic carbocycles. The maximum atomic E-state index is 6.30. The number of para-hydroxylation sites is 1. The molecule has 2 fully saturated rings. The van der Waals surface area contributed by atoms with Crippen molar-refractivity contribution >= 4 is 10.9 Å². The molecule has 1 aromatic carbocycles. The highest BCUT2D eigenvalue weighted by Crippen LogP contribution is 2.32. The van der Waals surface area contributed by atoms with Gasteiger partial charge in [0, 0.05) is 42.2 Å². The van der Waals surface area contributed by atoms with E-state index in [9.17, 15) is 0 Å². The Morgan fingerprint density at radius 3 is 2.66 bits per heavy atom. The second kappa shape index (κ2) is 8.16. The van der Waals surface area contributed by atoms with Gasteiger partial charge in [0.15, 0.2) is 0 Å². The summed E-state index contributed by atoms with van der Waals surface area (Å²) >= 11 is 0. The van der Waals surface area contributed by atoms with E-state index in [2.05, 4.69) is 38.5 Å². The Morgan fingerprint density at radius 1 is 0.938 bits per heavy atom. The zero-order valence-corrected chi connectivity index (χ0v) is 17.5. The minimum Gasteiger partial charge on any atom is -0.477 e. The first-order valence-electron chi connectivity index (χ1n) is 11.0. The highest BCUT2D eigenvalue weighted by molar-refractivity contribution is 5.78. The molecule has 1 saturated carbocycles. The number of hydrogen-bond donors (Lipinski definition) is 1. The molecule has 160 valence electrons. The van der Waals surface area contributed by atoms with Crippen LogP contribution in [0.2, 0.25) is 0 Å². The van der Waals surface area contributed by atoms with Gasteiger partial charge in [-0.2, -0.15) is 0 Å². The molecule has 2 atom stereocenters. The molecule has 1 saturated heterocycles. The molecule has 0 bridgehead atoms. The summed E-state index contributed by atoms with van der Waals surface area (Å²) in [6.45, 7) is 1.46. The van der Waals surface area contributed by atoms with Crippen LogP contribution in [0.4, 0.5) is 0 Å². The number of nitrogens with zero attached hydrogens (tertiary/aromatic N) is 4. The van der Waals surface area contributed by atoms with Gasteiger partial charge < -0.3 is 14.8 Å². The third-order valence-electron chi connectivity index (χ3n) is 5.95. The smallest absolute Gasteiger partial charge is 0.241 e. The topological polar surface area (TPSA) is 82.1 Å². The highest BCUT2D eigenvalue weighted by atomic mass is 16.5. The van der Waals surface area contributed by atoms with E-state index in [0.29, 0.717) is 23.4 Å². The predicted octanol–water partition coefficient (Wildman–Crippen LogP) is 3.97. The monoisotopic (exact) mass is 425 g/mol. The van der Waals surface area contributed by atoms with E-state index in [4.69, 9.17) is 14.5 Å². The molecule has 1 aliphatic heterocycles. The number of hydrogen-bond acceptors (Lipinski definition) is 7. The molecule has 1 N–H and O–H groups in total. The van der Waals surface area contributed by atoms with E-state index in [1.165, 1.54) is 12.8 Å². The maximum Gasteiger partial charge on any atom is 0.241 e. The van der Waals surface area contributed by atoms with E-state index in [-0.39, 0.29) is 12.1 Å². The summed E-state index contributed by atoms with van der Waals surface area (Å²) in [6, 6.07) is 16.1. The average molecular weight is 425 g/mol. The van der Waals surface area contributed by atoms with Crippen molar-refractivity contribution < 1.29 is 9.47 Å². The fraction of sp³-hybridized carbons (Fsp3) is 0.280. The molecule has 0 amide bonds. The van der Waals surface area contributed by atoms with Crippen LogP contribution in [0.5, 0.6) is 11.8 Å².